The first-order valence-electron chi connectivity index (χ1n) is 6.35. The lowest BCUT2D eigenvalue weighted by Crippen LogP contribution is -2.02. The zero-order chi connectivity index (χ0) is 14.5. The lowest BCUT2D eigenvalue weighted by atomic mass is 10.1. The van der Waals surface area contributed by atoms with Gasteiger partial charge in [-0.15, -0.1) is 0 Å². The van der Waals surface area contributed by atoms with Crippen LogP contribution in [0, 0.1) is 12.7 Å². The molecular weight excluding hydrogens is 257 g/mol. The second-order valence-corrected chi connectivity index (χ2v) is 4.46. The fourth-order valence-electron chi connectivity index (χ4n) is 1.99. The fraction of sp³-hybridized carbons (Fsp3) is 0.250. The number of nitrogens with one attached hydrogen (secondary N) is 1. The molecule has 0 saturated carbocycles. The van der Waals surface area contributed by atoms with Crippen molar-refractivity contribution in [2.75, 3.05) is 19.5 Å². The first-order valence-corrected chi connectivity index (χ1v) is 6.35. The van der Waals surface area contributed by atoms with Crippen molar-refractivity contribution in [3.8, 4) is 11.5 Å². The van der Waals surface area contributed by atoms with Crippen LogP contribution in [0.1, 0.15) is 11.1 Å². The summed E-state index contributed by atoms with van der Waals surface area (Å²) in [5, 5.41) is 3.22. The van der Waals surface area contributed by atoms with Gasteiger partial charge in [0, 0.05) is 17.8 Å². The molecule has 0 bridgehead atoms. The van der Waals surface area contributed by atoms with E-state index in [0.717, 1.165) is 11.3 Å². The summed E-state index contributed by atoms with van der Waals surface area (Å²) in [5.74, 6) is 1.17. The van der Waals surface area contributed by atoms with Gasteiger partial charge >= 0.3 is 0 Å². The molecule has 0 saturated heterocycles. The summed E-state index contributed by atoms with van der Waals surface area (Å²) in [6, 6.07) is 10.7. The van der Waals surface area contributed by atoms with Gasteiger partial charge in [-0.3, -0.25) is 0 Å². The SMILES string of the molecule is COc1ccc(CNc2cccc(F)c2C)cc1OC. The summed E-state index contributed by atoms with van der Waals surface area (Å²) < 4.78 is 23.9. The number of hydrogen-bond acceptors (Lipinski definition) is 3. The minimum absolute atomic E-state index is 0.206. The lowest BCUT2D eigenvalue weighted by Gasteiger charge is -2.12. The smallest absolute Gasteiger partial charge is 0.161 e. The van der Waals surface area contributed by atoms with Crippen molar-refractivity contribution < 1.29 is 13.9 Å². The van der Waals surface area contributed by atoms with E-state index in [2.05, 4.69) is 5.32 Å². The predicted molar refractivity (Wildman–Crippen MR) is 78.0 cm³/mol. The van der Waals surface area contributed by atoms with Crippen molar-refractivity contribution in [2.45, 2.75) is 13.5 Å². The fourth-order valence-corrected chi connectivity index (χ4v) is 1.99. The summed E-state index contributed by atoms with van der Waals surface area (Å²) >= 11 is 0. The summed E-state index contributed by atoms with van der Waals surface area (Å²) in [5.41, 5.74) is 2.44. The molecule has 2 aromatic carbocycles. The third kappa shape index (κ3) is 3.02. The van der Waals surface area contributed by atoms with Gasteiger partial charge in [0.05, 0.1) is 14.2 Å². The average molecular weight is 275 g/mol. The zero-order valence-corrected chi connectivity index (χ0v) is 11.9. The van der Waals surface area contributed by atoms with Crippen molar-refractivity contribution >= 4 is 5.69 Å². The van der Waals surface area contributed by atoms with E-state index >= 15 is 0 Å². The topological polar surface area (TPSA) is 30.5 Å². The Kier molecular flexibility index (Phi) is 4.45. The molecule has 3 nitrogen and oxygen atoms in total. The maximum Gasteiger partial charge on any atom is 0.161 e. The molecule has 0 aromatic heterocycles. The molecule has 0 radical (unpaired) electrons. The summed E-state index contributed by atoms with van der Waals surface area (Å²) in [4.78, 5) is 0. The Morgan fingerprint density at radius 1 is 1.05 bits per heavy atom. The summed E-state index contributed by atoms with van der Waals surface area (Å²) in [7, 11) is 3.21. The summed E-state index contributed by atoms with van der Waals surface area (Å²) in [6.45, 7) is 2.34. The number of anilines is 1. The second-order valence-electron chi connectivity index (χ2n) is 4.46. The first kappa shape index (κ1) is 14.2. The molecule has 20 heavy (non-hydrogen) atoms. The largest absolute Gasteiger partial charge is 0.493 e. The van der Waals surface area contributed by atoms with Crippen molar-refractivity contribution in [3.63, 3.8) is 0 Å². The summed E-state index contributed by atoms with van der Waals surface area (Å²) in [6.07, 6.45) is 0. The number of benzene rings is 2. The second kappa shape index (κ2) is 6.28. The molecule has 0 amide bonds. The van der Waals surface area contributed by atoms with E-state index in [4.69, 9.17) is 9.47 Å². The zero-order valence-electron chi connectivity index (χ0n) is 11.9. The maximum absolute atomic E-state index is 13.4. The highest BCUT2D eigenvalue weighted by atomic mass is 19.1. The molecule has 0 aliphatic carbocycles. The Balaban J connectivity index is 2.13. The van der Waals surface area contributed by atoms with Crippen LogP contribution in [0.4, 0.5) is 10.1 Å². The highest BCUT2D eigenvalue weighted by Crippen LogP contribution is 2.28. The minimum atomic E-state index is -0.206. The normalized spacial score (nSPS) is 10.2. The third-order valence-corrected chi connectivity index (χ3v) is 3.20. The monoisotopic (exact) mass is 275 g/mol. The van der Waals surface area contributed by atoms with Gasteiger partial charge in [0.1, 0.15) is 5.82 Å². The average Bonchev–Trinajstić information content (AvgIpc) is 2.48. The van der Waals surface area contributed by atoms with Crippen molar-refractivity contribution in [2.24, 2.45) is 0 Å². The molecule has 0 aliphatic heterocycles. The number of ether oxygens (including phenoxy) is 2. The molecule has 0 fully saturated rings. The Morgan fingerprint density at radius 2 is 1.80 bits per heavy atom. The standard InChI is InChI=1S/C16H18FNO2/c1-11-13(17)5-4-6-14(11)18-10-12-7-8-15(19-2)16(9-12)20-3/h4-9,18H,10H2,1-3H3. The van der Waals surface area contributed by atoms with Gasteiger partial charge in [-0.2, -0.15) is 0 Å². The first-order chi connectivity index (χ1) is 9.65. The van der Waals surface area contributed by atoms with Crippen LogP contribution >= 0.6 is 0 Å². The minimum Gasteiger partial charge on any atom is -0.493 e. The van der Waals surface area contributed by atoms with Crippen molar-refractivity contribution in [1.29, 1.82) is 0 Å². The van der Waals surface area contributed by atoms with Gasteiger partial charge in [-0.05, 0) is 36.8 Å². The van der Waals surface area contributed by atoms with Crippen LogP contribution in [0.2, 0.25) is 0 Å². The van der Waals surface area contributed by atoms with Crippen LogP contribution in [0.3, 0.4) is 0 Å². The van der Waals surface area contributed by atoms with Crippen LogP contribution < -0.4 is 14.8 Å². The molecule has 0 spiro atoms. The van der Waals surface area contributed by atoms with E-state index in [1.807, 2.05) is 24.3 Å². The molecule has 2 rings (SSSR count). The number of hydrogen-bond donors (Lipinski definition) is 1. The van der Waals surface area contributed by atoms with Gasteiger partial charge in [0.25, 0.3) is 0 Å². The molecule has 0 aliphatic rings. The molecular formula is C16H18FNO2. The number of methoxy groups -OCH3 is 2. The van der Waals surface area contributed by atoms with Crippen molar-refractivity contribution in [1.82, 2.24) is 0 Å². The van der Waals surface area contributed by atoms with Crippen LogP contribution in [-0.2, 0) is 6.54 Å². The van der Waals surface area contributed by atoms with Crippen LogP contribution in [0.25, 0.3) is 0 Å². The maximum atomic E-state index is 13.4. The van der Waals surface area contributed by atoms with E-state index in [-0.39, 0.29) is 5.82 Å². The van der Waals surface area contributed by atoms with E-state index in [9.17, 15) is 4.39 Å². The van der Waals surface area contributed by atoms with E-state index in [1.54, 1.807) is 27.2 Å². The van der Waals surface area contributed by atoms with Gasteiger partial charge in [0.15, 0.2) is 11.5 Å². The third-order valence-electron chi connectivity index (χ3n) is 3.20. The molecule has 0 atom stereocenters. The van der Waals surface area contributed by atoms with Crippen LogP contribution in [0.15, 0.2) is 36.4 Å². The van der Waals surface area contributed by atoms with Crippen molar-refractivity contribution in [3.05, 3.63) is 53.3 Å². The molecule has 0 unspecified atom stereocenters. The number of halogens is 1. The number of rotatable bonds is 5. The van der Waals surface area contributed by atoms with Crippen LogP contribution in [-0.4, -0.2) is 14.2 Å². The van der Waals surface area contributed by atoms with Gasteiger partial charge in [0.2, 0.25) is 0 Å². The van der Waals surface area contributed by atoms with E-state index in [0.29, 0.717) is 23.6 Å². The molecule has 1 N–H and O–H groups in total. The quantitative estimate of drug-likeness (QED) is 0.901. The Labute approximate surface area is 118 Å². The Morgan fingerprint density at radius 3 is 2.50 bits per heavy atom. The molecule has 2 aromatic rings. The highest BCUT2D eigenvalue weighted by molar-refractivity contribution is 5.52. The molecule has 106 valence electrons. The van der Waals surface area contributed by atoms with E-state index < -0.39 is 0 Å². The Hall–Kier alpha value is -2.23. The predicted octanol–water partition coefficient (Wildman–Crippen LogP) is 3.76. The highest BCUT2D eigenvalue weighted by Gasteiger charge is 2.06. The van der Waals surface area contributed by atoms with Gasteiger partial charge < -0.3 is 14.8 Å². The Bertz CT molecular complexity index is 599. The van der Waals surface area contributed by atoms with Crippen LogP contribution in [0.5, 0.6) is 11.5 Å². The lowest BCUT2D eigenvalue weighted by molar-refractivity contribution is 0.354. The molecule has 0 heterocycles. The van der Waals surface area contributed by atoms with Gasteiger partial charge in [-0.1, -0.05) is 12.1 Å². The van der Waals surface area contributed by atoms with E-state index in [1.165, 1.54) is 6.07 Å². The van der Waals surface area contributed by atoms with Gasteiger partial charge in [-0.25, -0.2) is 4.39 Å². The molecule has 4 heteroatoms.